The molecule has 0 aliphatic carbocycles. The Kier molecular flexibility index (Phi) is 9.17. The van der Waals surface area contributed by atoms with Crippen LogP contribution < -0.4 is 15.4 Å². The molecule has 0 atom stereocenters. The van der Waals surface area contributed by atoms with Crippen molar-refractivity contribution in [3.05, 3.63) is 28.2 Å². The SMILES string of the molecule is CCCCCCOc1ccc(Br)cc1C(=O)NC(=S)NC(C)C. The predicted octanol–water partition coefficient (Wildman–Crippen LogP) is 4.42. The van der Waals surface area contributed by atoms with Crippen molar-refractivity contribution in [2.75, 3.05) is 6.61 Å². The first-order valence-corrected chi connectivity index (χ1v) is 9.18. The number of nitrogens with one attached hydrogen (secondary N) is 2. The molecule has 0 aliphatic rings. The van der Waals surface area contributed by atoms with Gasteiger partial charge in [-0.15, -0.1) is 0 Å². The number of hydrogen-bond donors (Lipinski definition) is 2. The summed E-state index contributed by atoms with van der Waals surface area (Å²) in [6, 6.07) is 5.58. The van der Waals surface area contributed by atoms with Crippen molar-refractivity contribution in [2.45, 2.75) is 52.5 Å². The molecular weight excluding hydrogens is 376 g/mol. The van der Waals surface area contributed by atoms with Gasteiger partial charge in [-0.3, -0.25) is 10.1 Å². The van der Waals surface area contributed by atoms with Crippen molar-refractivity contribution in [2.24, 2.45) is 0 Å². The van der Waals surface area contributed by atoms with E-state index < -0.39 is 0 Å². The summed E-state index contributed by atoms with van der Waals surface area (Å²) in [4.78, 5) is 12.4. The largest absolute Gasteiger partial charge is 0.493 e. The average molecular weight is 401 g/mol. The van der Waals surface area contributed by atoms with Crippen LogP contribution in [0, 0.1) is 0 Å². The summed E-state index contributed by atoms with van der Waals surface area (Å²) >= 11 is 8.51. The van der Waals surface area contributed by atoms with Crippen LogP contribution in [-0.2, 0) is 0 Å². The number of halogens is 1. The van der Waals surface area contributed by atoms with E-state index in [-0.39, 0.29) is 11.9 Å². The van der Waals surface area contributed by atoms with E-state index in [9.17, 15) is 4.79 Å². The number of ether oxygens (including phenoxy) is 1. The molecule has 0 bridgehead atoms. The third-order valence-corrected chi connectivity index (χ3v) is 3.80. The van der Waals surface area contributed by atoms with E-state index in [1.807, 2.05) is 19.9 Å². The van der Waals surface area contributed by atoms with Gasteiger partial charge in [0.15, 0.2) is 5.11 Å². The fourth-order valence-corrected chi connectivity index (χ4v) is 2.67. The molecule has 0 fully saturated rings. The van der Waals surface area contributed by atoms with Crippen LogP contribution >= 0.6 is 28.1 Å². The second-order valence-corrected chi connectivity index (χ2v) is 6.96. The first-order chi connectivity index (χ1) is 10.9. The summed E-state index contributed by atoms with van der Waals surface area (Å²) < 4.78 is 6.60. The zero-order valence-electron chi connectivity index (χ0n) is 13.9. The van der Waals surface area contributed by atoms with E-state index >= 15 is 0 Å². The van der Waals surface area contributed by atoms with Crippen LogP contribution in [0.15, 0.2) is 22.7 Å². The Hall–Kier alpha value is -1.14. The van der Waals surface area contributed by atoms with E-state index in [1.54, 1.807) is 12.1 Å². The highest BCUT2D eigenvalue weighted by molar-refractivity contribution is 9.10. The molecule has 0 unspecified atom stereocenters. The van der Waals surface area contributed by atoms with Gasteiger partial charge in [-0.1, -0.05) is 42.1 Å². The second-order valence-electron chi connectivity index (χ2n) is 5.63. The number of rotatable bonds is 8. The van der Waals surface area contributed by atoms with Crippen molar-refractivity contribution >= 4 is 39.2 Å². The Bertz CT molecular complexity index is 535. The van der Waals surface area contributed by atoms with Crippen LogP contribution in [0.5, 0.6) is 5.75 Å². The monoisotopic (exact) mass is 400 g/mol. The standard InChI is InChI=1S/C17H25BrN2O2S/c1-4-5-6-7-10-22-15-9-8-13(18)11-14(15)16(21)20-17(23)19-12(2)3/h8-9,11-12H,4-7,10H2,1-3H3,(H2,19,20,21,23). The summed E-state index contributed by atoms with van der Waals surface area (Å²) in [5, 5.41) is 6.00. The van der Waals surface area contributed by atoms with E-state index in [1.165, 1.54) is 12.8 Å². The van der Waals surface area contributed by atoms with Crippen molar-refractivity contribution in [3.8, 4) is 5.75 Å². The maximum Gasteiger partial charge on any atom is 0.261 e. The van der Waals surface area contributed by atoms with E-state index in [2.05, 4.69) is 33.5 Å². The highest BCUT2D eigenvalue weighted by atomic mass is 79.9. The molecule has 0 saturated carbocycles. The zero-order valence-corrected chi connectivity index (χ0v) is 16.4. The lowest BCUT2D eigenvalue weighted by Crippen LogP contribution is -2.42. The quantitative estimate of drug-likeness (QED) is 0.500. The van der Waals surface area contributed by atoms with Gasteiger partial charge in [-0.05, 0) is 50.7 Å². The Balaban J connectivity index is 2.69. The maximum atomic E-state index is 12.4. The maximum absolute atomic E-state index is 12.4. The van der Waals surface area contributed by atoms with Crippen LogP contribution in [0.25, 0.3) is 0 Å². The summed E-state index contributed by atoms with van der Waals surface area (Å²) in [5.41, 5.74) is 0.475. The van der Waals surface area contributed by atoms with Gasteiger partial charge in [-0.25, -0.2) is 0 Å². The molecule has 0 aromatic heterocycles. The van der Waals surface area contributed by atoms with Crippen molar-refractivity contribution < 1.29 is 9.53 Å². The summed E-state index contributed by atoms with van der Waals surface area (Å²) in [7, 11) is 0. The molecule has 1 aromatic carbocycles. The normalized spacial score (nSPS) is 10.5. The van der Waals surface area contributed by atoms with Gasteiger partial charge in [-0.2, -0.15) is 0 Å². The summed E-state index contributed by atoms with van der Waals surface area (Å²) in [6.07, 6.45) is 4.51. The molecule has 2 N–H and O–H groups in total. The van der Waals surface area contributed by atoms with E-state index in [0.29, 0.717) is 23.0 Å². The number of carbonyl (C=O) groups is 1. The molecule has 0 spiro atoms. The number of unbranched alkanes of at least 4 members (excludes halogenated alkanes) is 3. The Morgan fingerprint density at radius 2 is 2.04 bits per heavy atom. The number of carbonyl (C=O) groups excluding carboxylic acids is 1. The van der Waals surface area contributed by atoms with Gasteiger partial charge >= 0.3 is 0 Å². The molecule has 0 heterocycles. The Morgan fingerprint density at radius 1 is 1.30 bits per heavy atom. The molecule has 4 nitrogen and oxygen atoms in total. The number of thiocarbonyl (C=S) groups is 1. The van der Waals surface area contributed by atoms with Gasteiger partial charge in [0.05, 0.1) is 12.2 Å². The molecular formula is C17H25BrN2O2S. The number of benzene rings is 1. The van der Waals surface area contributed by atoms with Crippen LogP contribution in [0.4, 0.5) is 0 Å². The lowest BCUT2D eigenvalue weighted by atomic mass is 10.2. The average Bonchev–Trinajstić information content (AvgIpc) is 2.47. The van der Waals surface area contributed by atoms with Crippen molar-refractivity contribution in [1.29, 1.82) is 0 Å². The minimum absolute atomic E-state index is 0.166. The van der Waals surface area contributed by atoms with Gasteiger partial charge in [0, 0.05) is 10.5 Å². The molecule has 1 rings (SSSR count). The third kappa shape index (κ3) is 7.79. The fourth-order valence-electron chi connectivity index (χ4n) is 1.99. The van der Waals surface area contributed by atoms with Gasteiger partial charge in [0.25, 0.3) is 5.91 Å². The lowest BCUT2D eigenvalue weighted by Gasteiger charge is -2.15. The van der Waals surface area contributed by atoms with Crippen LogP contribution in [-0.4, -0.2) is 23.7 Å². The zero-order chi connectivity index (χ0) is 17.2. The Morgan fingerprint density at radius 3 is 2.70 bits per heavy atom. The minimum Gasteiger partial charge on any atom is -0.493 e. The third-order valence-electron chi connectivity index (χ3n) is 3.09. The lowest BCUT2D eigenvalue weighted by molar-refractivity contribution is 0.0972. The molecule has 1 amide bonds. The molecule has 6 heteroatoms. The molecule has 23 heavy (non-hydrogen) atoms. The molecule has 0 radical (unpaired) electrons. The van der Waals surface area contributed by atoms with Crippen LogP contribution in [0.2, 0.25) is 0 Å². The smallest absolute Gasteiger partial charge is 0.261 e. The Labute approximate surface area is 152 Å². The van der Waals surface area contributed by atoms with Gasteiger partial charge in [0.2, 0.25) is 0 Å². The molecule has 0 saturated heterocycles. The predicted molar refractivity (Wildman–Crippen MR) is 102 cm³/mol. The highest BCUT2D eigenvalue weighted by Crippen LogP contribution is 2.23. The first-order valence-electron chi connectivity index (χ1n) is 7.98. The fraction of sp³-hybridized carbons (Fsp3) is 0.529. The van der Waals surface area contributed by atoms with Crippen LogP contribution in [0.3, 0.4) is 0 Å². The molecule has 0 aliphatic heterocycles. The topological polar surface area (TPSA) is 50.4 Å². The van der Waals surface area contributed by atoms with Crippen molar-refractivity contribution in [1.82, 2.24) is 10.6 Å². The van der Waals surface area contributed by atoms with Gasteiger partial charge < -0.3 is 10.1 Å². The molecule has 128 valence electrons. The van der Waals surface area contributed by atoms with E-state index in [0.717, 1.165) is 17.3 Å². The first kappa shape index (κ1) is 19.9. The summed E-state index contributed by atoms with van der Waals surface area (Å²) in [5.74, 6) is 0.308. The van der Waals surface area contributed by atoms with Crippen LogP contribution in [0.1, 0.15) is 56.8 Å². The summed E-state index contributed by atoms with van der Waals surface area (Å²) in [6.45, 7) is 6.70. The van der Waals surface area contributed by atoms with Gasteiger partial charge in [0.1, 0.15) is 5.75 Å². The minimum atomic E-state index is -0.270. The van der Waals surface area contributed by atoms with Crippen molar-refractivity contribution in [3.63, 3.8) is 0 Å². The van der Waals surface area contributed by atoms with E-state index in [4.69, 9.17) is 17.0 Å². The number of amides is 1. The highest BCUT2D eigenvalue weighted by Gasteiger charge is 2.15. The molecule has 1 aromatic rings. The number of hydrogen-bond acceptors (Lipinski definition) is 3. The second kappa shape index (κ2) is 10.6.